The maximum Gasteiger partial charge on any atom is 0.340 e. The molecular formula is C13H14Br2N2O4. The number of esters is 1. The number of methoxy groups -OCH3 is 1. The fraction of sp³-hybridized carbons (Fsp3) is 0.385. The molecule has 0 spiro atoms. The molecule has 1 saturated heterocycles. The quantitative estimate of drug-likeness (QED) is 0.729. The summed E-state index contributed by atoms with van der Waals surface area (Å²) in [6.45, 7) is 1.50. The molecule has 1 unspecified atom stereocenters. The minimum absolute atomic E-state index is 0.261. The fourth-order valence-corrected chi connectivity index (χ4v) is 3.24. The SMILES string of the molecule is COC(=O)c1cc(Br)cc(Br)c1NC(=O)C1COCCN1. The summed E-state index contributed by atoms with van der Waals surface area (Å²) < 4.78 is 11.3. The Kier molecular flexibility index (Phi) is 5.74. The van der Waals surface area contributed by atoms with Crippen molar-refractivity contribution in [3.63, 3.8) is 0 Å². The topological polar surface area (TPSA) is 76.7 Å². The molecule has 0 radical (unpaired) electrons. The molecule has 114 valence electrons. The van der Waals surface area contributed by atoms with Gasteiger partial charge in [0.25, 0.3) is 0 Å². The van der Waals surface area contributed by atoms with Gasteiger partial charge in [0, 0.05) is 15.5 Å². The van der Waals surface area contributed by atoms with E-state index in [1.54, 1.807) is 12.1 Å². The lowest BCUT2D eigenvalue weighted by atomic mass is 10.1. The summed E-state index contributed by atoms with van der Waals surface area (Å²) in [6.07, 6.45) is 0. The first-order valence-corrected chi connectivity index (χ1v) is 7.81. The number of ether oxygens (including phenoxy) is 2. The highest BCUT2D eigenvalue weighted by atomic mass is 79.9. The van der Waals surface area contributed by atoms with Gasteiger partial charge in [-0.3, -0.25) is 4.79 Å². The smallest absolute Gasteiger partial charge is 0.340 e. The first-order chi connectivity index (χ1) is 10.0. The highest BCUT2D eigenvalue weighted by Gasteiger charge is 2.24. The van der Waals surface area contributed by atoms with E-state index in [1.165, 1.54) is 7.11 Å². The van der Waals surface area contributed by atoms with Crippen molar-refractivity contribution < 1.29 is 19.1 Å². The van der Waals surface area contributed by atoms with Gasteiger partial charge in [-0.25, -0.2) is 4.79 Å². The van der Waals surface area contributed by atoms with E-state index in [0.29, 0.717) is 34.4 Å². The number of benzene rings is 1. The van der Waals surface area contributed by atoms with E-state index >= 15 is 0 Å². The summed E-state index contributed by atoms with van der Waals surface area (Å²) in [4.78, 5) is 24.1. The number of halogens is 2. The second kappa shape index (κ2) is 7.35. The van der Waals surface area contributed by atoms with Crippen LogP contribution in [0.1, 0.15) is 10.4 Å². The first-order valence-electron chi connectivity index (χ1n) is 6.22. The van der Waals surface area contributed by atoms with Gasteiger partial charge in [0.15, 0.2) is 0 Å². The largest absolute Gasteiger partial charge is 0.465 e. The van der Waals surface area contributed by atoms with Crippen molar-refractivity contribution in [2.75, 3.05) is 32.2 Å². The number of morpholine rings is 1. The van der Waals surface area contributed by atoms with E-state index in [2.05, 4.69) is 42.5 Å². The molecule has 2 rings (SSSR count). The molecule has 1 aliphatic rings. The van der Waals surface area contributed by atoms with Crippen molar-refractivity contribution in [2.45, 2.75) is 6.04 Å². The summed E-state index contributed by atoms with van der Waals surface area (Å²) in [5.41, 5.74) is 0.645. The molecule has 8 heteroatoms. The van der Waals surface area contributed by atoms with Crippen LogP contribution >= 0.6 is 31.9 Å². The number of amides is 1. The van der Waals surface area contributed by atoms with Crippen molar-refractivity contribution in [3.05, 3.63) is 26.6 Å². The average Bonchev–Trinajstić information content (AvgIpc) is 2.49. The van der Waals surface area contributed by atoms with Gasteiger partial charge in [0.05, 0.1) is 31.6 Å². The van der Waals surface area contributed by atoms with E-state index in [0.717, 1.165) is 0 Å². The molecule has 0 bridgehead atoms. The van der Waals surface area contributed by atoms with Crippen LogP contribution in [0.3, 0.4) is 0 Å². The third kappa shape index (κ3) is 4.03. The van der Waals surface area contributed by atoms with E-state index in [4.69, 9.17) is 9.47 Å². The van der Waals surface area contributed by atoms with Gasteiger partial charge in [0.2, 0.25) is 5.91 Å². The van der Waals surface area contributed by atoms with Crippen LogP contribution in [0.25, 0.3) is 0 Å². The first kappa shape index (κ1) is 16.4. The maximum absolute atomic E-state index is 12.2. The van der Waals surface area contributed by atoms with E-state index in [9.17, 15) is 9.59 Å². The zero-order valence-corrected chi connectivity index (χ0v) is 14.4. The normalized spacial score (nSPS) is 18.1. The van der Waals surface area contributed by atoms with Gasteiger partial charge in [-0.1, -0.05) is 15.9 Å². The van der Waals surface area contributed by atoms with Crippen LogP contribution in [0.4, 0.5) is 5.69 Å². The molecule has 1 aliphatic heterocycles. The standard InChI is InChI=1S/C13H14Br2N2O4/c1-20-13(19)8-4-7(14)5-9(15)11(8)17-12(18)10-6-21-3-2-16-10/h4-5,10,16H,2-3,6H2,1H3,(H,17,18). The Morgan fingerprint density at radius 3 is 2.81 bits per heavy atom. The summed E-state index contributed by atoms with van der Waals surface area (Å²) in [7, 11) is 1.29. The molecule has 1 atom stereocenters. The molecule has 1 amide bonds. The lowest BCUT2D eigenvalue weighted by molar-refractivity contribution is -0.120. The van der Waals surface area contributed by atoms with Gasteiger partial charge in [-0.2, -0.15) is 0 Å². The predicted octanol–water partition coefficient (Wildman–Crippen LogP) is 1.93. The van der Waals surface area contributed by atoms with Gasteiger partial charge < -0.3 is 20.1 Å². The van der Waals surface area contributed by atoms with Crippen molar-refractivity contribution in [1.82, 2.24) is 5.32 Å². The number of anilines is 1. The van der Waals surface area contributed by atoms with Crippen LogP contribution in [-0.4, -0.2) is 44.8 Å². The Morgan fingerprint density at radius 1 is 1.43 bits per heavy atom. The van der Waals surface area contributed by atoms with E-state index in [-0.39, 0.29) is 11.5 Å². The van der Waals surface area contributed by atoms with Crippen LogP contribution < -0.4 is 10.6 Å². The maximum atomic E-state index is 12.2. The van der Waals surface area contributed by atoms with Crippen molar-refractivity contribution in [2.24, 2.45) is 0 Å². The fourth-order valence-electron chi connectivity index (χ4n) is 1.92. The third-order valence-corrected chi connectivity index (χ3v) is 4.03. The third-order valence-electron chi connectivity index (χ3n) is 2.95. The number of carbonyl (C=O) groups excluding carboxylic acids is 2. The number of rotatable bonds is 3. The molecule has 1 aromatic rings. The average molecular weight is 422 g/mol. The second-order valence-electron chi connectivity index (χ2n) is 4.37. The van der Waals surface area contributed by atoms with Gasteiger partial charge >= 0.3 is 5.97 Å². The number of hydrogen-bond donors (Lipinski definition) is 2. The molecule has 0 aliphatic carbocycles. The van der Waals surface area contributed by atoms with Crippen LogP contribution in [0.2, 0.25) is 0 Å². The molecule has 1 heterocycles. The Labute approximate surface area is 138 Å². The zero-order valence-electron chi connectivity index (χ0n) is 11.2. The van der Waals surface area contributed by atoms with Crippen LogP contribution in [-0.2, 0) is 14.3 Å². The Hall–Kier alpha value is -0.960. The molecule has 1 fully saturated rings. The minimum atomic E-state index is -0.528. The molecule has 0 saturated carbocycles. The highest BCUT2D eigenvalue weighted by Crippen LogP contribution is 2.31. The number of nitrogens with one attached hydrogen (secondary N) is 2. The van der Waals surface area contributed by atoms with Crippen LogP contribution in [0.5, 0.6) is 0 Å². The van der Waals surface area contributed by atoms with Gasteiger partial charge in [-0.15, -0.1) is 0 Å². The monoisotopic (exact) mass is 420 g/mol. The van der Waals surface area contributed by atoms with Crippen molar-refractivity contribution >= 4 is 49.4 Å². The summed E-state index contributed by atoms with van der Waals surface area (Å²) >= 11 is 6.65. The lowest BCUT2D eigenvalue weighted by Crippen LogP contribution is -2.49. The summed E-state index contributed by atoms with van der Waals surface area (Å²) in [6, 6.07) is 2.89. The van der Waals surface area contributed by atoms with E-state index < -0.39 is 12.0 Å². The number of carbonyl (C=O) groups is 2. The predicted molar refractivity (Wildman–Crippen MR) is 84.4 cm³/mol. The summed E-state index contributed by atoms with van der Waals surface area (Å²) in [5.74, 6) is -0.789. The Morgan fingerprint density at radius 2 is 2.19 bits per heavy atom. The van der Waals surface area contributed by atoms with Crippen molar-refractivity contribution in [1.29, 1.82) is 0 Å². The number of hydrogen-bond acceptors (Lipinski definition) is 5. The molecule has 1 aromatic carbocycles. The summed E-state index contributed by atoms with van der Waals surface area (Å²) in [5, 5.41) is 5.80. The highest BCUT2D eigenvalue weighted by molar-refractivity contribution is 9.11. The van der Waals surface area contributed by atoms with Crippen LogP contribution in [0.15, 0.2) is 21.1 Å². The zero-order chi connectivity index (χ0) is 15.4. The van der Waals surface area contributed by atoms with Crippen LogP contribution in [0, 0.1) is 0 Å². The molecule has 2 N–H and O–H groups in total. The molecule has 0 aromatic heterocycles. The molecular weight excluding hydrogens is 408 g/mol. The minimum Gasteiger partial charge on any atom is -0.465 e. The second-order valence-corrected chi connectivity index (χ2v) is 6.14. The lowest BCUT2D eigenvalue weighted by Gasteiger charge is -2.23. The Balaban J connectivity index is 2.25. The molecule has 6 nitrogen and oxygen atoms in total. The van der Waals surface area contributed by atoms with Crippen molar-refractivity contribution in [3.8, 4) is 0 Å². The van der Waals surface area contributed by atoms with E-state index in [1.807, 2.05) is 0 Å². The van der Waals surface area contributed by atoms with Gasteiger partial charge in [-0.05, 0) is 28.1 Å². The molecule has 21 heavy (non-hydrogen) atoms. The van der Waals surface area contributed by atoms with Gasteiger partial charge in [0.1, 0.15) is 6.04 Å². The Bertz CT molecular complexity index is 559.